The molecule has 6 nitrogen and oxygen atoms in total. The van der Waals surface area contributed by atoms with Crippen LogP contribution in [0.2, 0.25) is 0 Å². The summed E-state index contributed by atoms with van der Waals surface area (Å²) < 4.78 is 4.54. The summed E-state index contributed by atoms with van der Waals surface area (Å²) in [4.78, 5) is 17.7. The highest BCUT2D eigenvalue weighted by Gasteiger charge is 2.29. The average Bonchev–Trinajstić information content (AvgIpc) is 3.61. The first-order chi connectivity index (χ1) is 20.3. The molecule has 0 radical (unpaired) electrons. The van der Waals surface area contributed by atoms with Crippen molar-refractivity contribution in [2.75, 3.05) is 4.90 Å². The molecule has 0 aliphatic carbocycles. The summed E-state index contributed by atoms with van der Waals surface area (Å²) in [6, 6.07) is 40.2. The first kappa shape index (κ1) is 22.3. The lowest BCUT2D eigenvalue weighted by atomic mass is 10.0. The molecule has 0 saturated carbocycles. The van der Waals surface area contributed by atoms with Gasteiger partial charge >= 0.3 is 0 Å². The topological polar surface area (TPSA) is 51.3 Å². The second-order valence-electron chi connectivity index (χ2n) is 10.4. The zero-order valence-corrected chi connectivity index (χ0v) is 22.4. The number of rotatable bonds is 3. The molecule has 0 N–H and O–H groups in total. The maximum absolute atomic E-state index is 5.23. The lowest BCUT2D eigenvalue weighted by molar-refractivity contribution is 0.900. The Labute approximate surface area is 235 Å². The van der Waals surface area contributed by atoms with Crippen LogP contribution in [0.1, 0.15) is 12.7 Å². The third-order valence-electron chi connectivity index (χ3n) is 8.16. The first-order valence-electron chi connectivity index (χ1n) is 14.0. The number of aryl methyl sites for hydroxylation is 1. The summed E-state index contributed by atoms with van der Waals surface area (Å²) >= 11 is 0. The van der Waals surface area contributed by atoms with E-state index < -0.39 is 0 Å². The first-order valence-corrected chi connectivity index (χ1v) is 14.0. The minimum Gasteiger partial charge on any atom is -0.306 e. The van der Waals surface area contributed by atoms with Gasteiger partial charge in [-0.1, -0.05) is 55.5 Å². The Kier molecular flexibility index (Phi) is 4.50. The molecule has 41 heavy (non-hydrogen) atoms. The quantitative estimate of drug-likeness (QED) is 0.231. The van der Waals surface area contributed by atoms with E-state index in [1.165, 1.54) is 0 Å². The van der Waals surface area contributed by atoms with Crippen molar-refractivity contribution in [2.45, 2.75) is 13.3 Å². The SMILES string of the molecule is CCc1nc2cccc3c2n1-c1ccc(-c2nc4ccccc4c4nc5ccccc5n24)cc1N3c1ccccc1. The maximum Gasteiger partial charge on any atom is 0.149 e. The van der Waals surface area contributed by atoms with Crippen molar-refractivity contribution in [1.82, 2.24) is 23.9 Å². The van der Waals surface area contributed by atoms with E-state index in [-0.39, 0.29) is 0 Å². The van der Waals surface area contributed by atoms with Gasteiger partial charge in [0.1, 0.15) is 17.3 Å². The van der Waals surface area contributed by atoms with Crippen molar-refractivity contribution in [2.24, 2.45) is 0 Å². The molecule has 1 aliphatic rings. The molecule has 5 aromatic carbocycles. The summed E-state index contributed by atoms with van der Waals surface area (Å²) in [6.07, 6.45) is 0.842. The molecule has 0 atom stereocenters. The zero-order chi connectivity index (χ0) is 27.1. The van der Waals surface area contributed by atoms with Gasteiger partial charge in [0.2, 0.25) is 0 Å². The van der Waals surface area contributed by atoms with Crippen LogP contribution in [0.15, 0.2) is 115 Å². The number of hydrogen-bond acceptors (Lipinski definition) is 4. The highest BCUT2D eigenvalue weighted by Crippen LogP contribution is 2.48. The molecule has 3 aromatic heterocycles. The molecule has 0 spiro atoms. The summed E-state index contributed by atoms with van der Waals surface area (Å²) in [5.74, 6) is 1.93. The van der Waals surface area contributed by atoms with Crippen LogP contribution in [0, 0.1) is 0 Å². The number of benzene rings is 5. The summed E-state index contributed by atoms with van der Waals surface area (Å²) in [7, 11) is 0. The molecular formula is C35H24N6. The van der Waals surface area contributed by atoms with Gasteiger partial charge in [-0.25, -0.2) is 15.0 Å². The van der Waals surface area contributed by atoms with Crippen LogP contribution in [0.3, 0.4) is 0 Å². The van der Waals surface area contributed by atoms with Crippen molar-refractivity contribution >= 4 is 55.7 Å². The molecule has 0 unspecified atom stereocenters. The molecule has 0 bridgehead atoms. The van der Waals surface area contributed by atoms with Crippen molar-refractivity contribution in [3.8, 4) is 17.1 Å². The second-order valence-corrected chi connectivity index (χ2v) is 10.4. The van der Waals surface area contributed by atoms with Gasteiger partial charge in [0.05, 0.1) is 44.6 Å². The highest BCUT2D eigenvalue weighted by molar-refractivity contribution is 6.03. The third-order valence-corrected chi connectivity index (χ3v) is 8.16. The molecular weight excluding hydrogens is 504 g/mol. The normalized spacial score (nSPS) is 12.6. The molecule has 0 fully saturated rings. The van der Waals surface area contributed by atoms with E-state index in [4.69, 9.17) is 15.0 Å². The number of anilines is 3. The maximum atomic E-state index is 5.23. The van der Waals surface area contributed by atoms with Crippen molar-refractivity contribution in [3.63, 3.8) is 0 Å². The Morgan fingerprint density at radius 1 is 0.610 bits per heavy atom. The van der Waals surface area contributed by atoms with E-state index in [0.717, 1.165) is 85.0 Å². The summed E-state index contributed by atoms with van der Waals surface area (Å²) in [5, 5.41) is 1.04. The Morgan fingerprint density at radius 3 is 2.27 bits per heavy atom. The standard InChI is InChI=1S/C35H24N6/c1-2-32-36-27-16-10-18-30-33(27)40(32)29-20-19-22(21-31(29)39(30)23-11-4-3-5-12-23)34-37-25-14-7-6-13-24(25)35-38-26-15-8-9-17-28(26)41(34)35/h3-21H,2H2,1H3. The number of nitrogens with zero attached hydrogens (tertiary/aromatic N) is 6. The van der Waals surface area contributed by atoms with E-state index in [1.54, 1.807) is 0 Å². The van der Waals surface area contributed by atoms with Gasteiger partial charge in [-0.2, -0.15) is 0 Å². The lowest BCUT2D eigenvalue weighted by Crippen LogP contribution is -2.19. The fourth-order valence-electron chi connectivity index (χ4n) is 6.39. The number of imidazole rings is 2. The Morgan fingerprint density at radius 2 is 1.39 bits per heavy atom. The van der Waals surface area contributed by atoms with E-state index in [1.807, 2.05) is 18.2 Å². The highest BCUT2D eigenvalue weighted by atomic mass is 15.2. The third kappa shape index (κ3) is 3.04. The van der Waals surface area contributed by atoms with Crippen molar-refractivity contribution in [3.05, 3.63) is 121 Å². The molecule has 9 rings (SSSR count). The Balaban J connectivity index is 1.39. The van der Waals surface area contributed by atoms with Gasteiger partial charge in [0, 0.05) is 23.1 Å². The van der Waals surface area contributed by atoms with E-state index in [0.29, 0.717) is 0 Å². The molecule has 194 valence electrons. The van der Waals surface area contributed by atoms with E-state index in [2.05, 4.69) is 118 Å². The average molecular weight is 529 g/mol. The predicted octanol–water partition coefficient (Wildman–Crippen LogP) is 8.39. The largest absolute Gasteiger partial charge is 0.306 e. The fourth-order valence-corrected chi connectivity index (χ4v) is 6.39. The lowest BCUT2D eigenvalue weighted by Gasteiger charge is -2.33. The molecule has 4 heterocycles. The summed E-state index contributed by atoms with van der Waals surface area (Å²) in [6.45, 7) is 2.17. The van der Waals surface area contributed by atoms with Crippen LogP contribution in [-0.2, 0) is 6.42 Å². The van der Waals surface area contributed by atoms with E-state index >= 15 is 0 Å². The fraction of sp³-hybridized carbons (Fsp3) is 0.0571. The van der Waals surface area contributed by atoms with Gasteiger partial charge in [-0.15, -0.1) is 0 Å². The molecule has 6 heteroatoms. The van der Waals surface area contributed by atoms with Crippen LogP contribution in [-0.4, -0.2) is 23.9 Å². The smallest absolute Gasteiger partial charge is 0.149 e. The van der Waals surface area contributed by atoms with Gasteiger partial charge in [-0.05, 0) is 66.7 Å². The monoisotopic (exact) mass is 528 g/mol. The molecule has 0 saturated heterocycles. The minimum atomic E-state index is 0.842. The van der Waals surface area contributed by atoms with Gasteiger partial charge in [0.25, 0.3) is 0 Å². The van der Waals surface area contributed by atoms with E-state index in [9.17, 15) is 0 Å². The number of hydrogen-bond donors (Lipinski definition) is 0. The van der Waals surface area contributed by atoms with Crippen LogP contribution < -0.4 is 4.90 Å². The molecule has 1 aliphatic heterocycles. The van der Waals surface area contributed by atoms with Gasteiger partial charge in [-0.3, -0.25) is 8.97 Å². The van der Waals surface area contributed by atoms with Crippen molar-refractivity contribution < 1.29 is 0 Å². The molecule has 0 amide bonds. The van der Waals surface area contributed by atoms with Crippen molar-refractivity contribution in [1.29, 1.82) is 0 Å². The Hall–Kier alpha value is -5.49. The number of fused-ring (bicyclic) bond motifs is 7. The minimum absolute atomic E-state index is 0.842. The number of para-hydroxylation sites is 5. The Bertz CT molecular complexity index is 2310. The number of aromatic nitrogens is 5. The van der Waals surface area contributed by atoms with Gasteiger partial charge in [0.15, 0.2) is 0 Å². The molecule has 8 aromatic rings. The predicted molar refractivity (Wildman–Crippen MR) is 166 cm³/mol. The second kappa shape index (κ2) is 8.26. The van der Waals surface area contributed by atoms with Crippen LogP contribution in [0.4, 0.5) is 17.1 Å². The van der Waals surface area contributed by atoms with Gasteiger partial charge < -0.3 is 4.90 Å². The zero-order valence-electron chi connectivity index (χ0n) is 22.4. The summed E-state index contributed by atoms with van der Waals surface area (Å²) in [5.41, 5.74) is 11.5. The van der Waals surface area contributed by atoms with Crippen LogP contribution in [0.25, 0.3) is 55.7 Å². The van der Waals surface area contributed by atoms with Crippen LogP contribution >= 0.6 is 0 Å². The van der Waals surface area contributed by atoms with Crippen LogP contribution in [0.5, 0.6) is 0 Å².